The molecule has 4 aromatic rings. The summed E-state index contributed by atoms with van der Waals surface area (Å²) in [5.41, 5.74) is 3.87. The predicted molar refractivity (Wildman–Crippen MR) is 135 cm³/mol. The fourth-order valence-corrected chi connectivity index (χ4v) is 5.39. The Bertz CT molecular complexity index is 1550. The van der Waals surface area contributed by atoms with Crippen molar-refractivity contribution >= 4 is 5.91 Å². The summed E-state index contributed by atoms with van der Waals surface area (Å²) in [6.07, 6.45) is 4.27. The molecule has 2 N–H and O–H groups in total. The molecule has 2 fully saturated rings. The number of hydrogen-bond donors (Lipinski definition) is 1. The molecule has 1 saturated carbocycles. The van der Waals surface area contributed by atoms with Crippen molar-refractivity contribution in [3.05, 3.63) is 54.2 Å². The fourth-order valence-electron chi connectivity index (χ4n) is 5.39. The van der Waals surface area contributed by atoms with Crippen LogP contribution in [-0.2, 0) is 10.9 Å². The first-order valence-corrected chi connectivity index (χ1v) is 13.1. The van der Waals surface area contributed by atoms with Gasteiger partial charge in [0.2, 0.25) is 5.89 Å². The molecule has 0 atom stereocenters. The second kappa shape index (κ2) is 10.7. The molecule has 216 valence electrons. The largest absolute Gasteiger partial charge is 0.444 e. The summed E-state index contributed by atoms with van der Waals surface area (Å²) in [6.45, 7) is 3.20. The molecule has 11 nitrogen and oxygen atoms in total. The van der Waals surface area contributed by atoms with E-state index in [1.165, 1.54) is 17.1 Å². The Hall–Kier alpha value is -4.11. The lowest BCUT2D eigenvalue weighted by atomic mass is 9.90. The highest BCUT2D eigenvalue weighted by Crippen LogP contribution is 2.36. The van der Waals surface area contributed by atoms with Gasteiger partial charge in [0.15, 0.2) is 11.5 Å². The Morgan fingerprint density at radius 1 is 1.00 bits per heavy atom. The molecule has 0 spiro atoms. The minimum Gasteiger partial charge on any atom is -0.444 e. The van der Waals surface area contributed by atoms with Gasteiger partial charge in [-0.1, -0.05) is 0 Å². The zero-order valence-corrected chi connectivity index (χ0v) is 21.7. The molecule has 1 saturated heterocycles. The van der Waals surface area contributed by atoms with E-state index in [9.17, 15) is 18.0 Å². The second-order valence-corrected chi connectivity index (χ2v) is 10.1. The van der Waals surface area contributed by atoms with Gasteiger partial charge in [0.1, 0.15) is 29.0 Å². The van der Waals surface area contributed by atoms with E-state index in [0.29, 0.717) is 30.9 Å². The summed E-state index contributed by atoms with van der Waals surface area (Å²) in [5.74, 6) is -1.67. The van der Waals surface area contributed by atoms with E-state index < -0.39 is 29.3 Å². The molecule has 5 heterocycles. The number of hydrogen-bond acceptors (Lipinski definition) is 8. The molecular formula is C26H26F4N8O3. The van der Waals surface area contributed by atoms with E-state index >= 15 is 4.39 Å². The minimum atomic E-state index is -4.77. The third-order valence-corrected chi connectivity index (χ3v) is 7.51. The van der Waals surface area contributed by atoms with E-state index in [2.05, 4.69) is 25.1 Å². The Morgan fingerprint density at radius 2 is 1.73 bits per heavy atom. The highest BCUT2D eigenvalue weighted by molar-refractivity contribution is 5.90. The number of morpholine rings is 1. The van der Waals surface area contributed by atoms with Crippen molar-refractivity contribution in [1.29, 1.82) is 0 Å². The van der Waals surface area contributed by atoms with Gasteiger partial charge in [-0.05, 0) is 37.8 Å². The number of nitrogens with two attached hydrogens (primary N) is 1. The van der Waals surface area contributed by atoms with Crippen molar-refractivity contribution in [2.24, 2.45) is 5.73 Å². The van der Waals surface area contributed by atoms with E-state index in [1.54, 1.807) is 10.9 Å². The number of oxazole rings is 1. The highest BCUT2D eigenvalue weighted by atomic mass is 19.4. The number of amides is 1. The summed E-state index contributed by atoms with van der Waals surface area (Å²) in [5, 5.41) is 8.86. The molecule has 0 unspecified atom stereocenters. The molecule has 0 aromatic carbocycles. The van der Waals surface area contributed by atoms with Crippen molar-refractivity contribution in [3.8, 4) is 28.5 Å². The average Bonchev–Trinajstić information content (AvgIpc) is 3.73. The lowest BCUT2D eigenvalue weighted by Gasteiger charge is -2.38. The van der Waals surface area contributed by atoms with E-state index in [-0.39, 0.29) is 29.0 Å². The smallest absolute Gasteiger partial charge is 0.433 e. The molecule has 1 aliphatic heterocycles. The zero-order chi connectivity index (χ0) is 28.7. The van der Waals surface area contributed by atoms with Gasteiger partial charge in [0, 0.05) is 25.3 Å². The van der Waals surface area contributed by atoms with Crippen molar-refractivity contribution < 1.29 is 31.5 Å². The van der Waals surface area contributed by atoms with Crippen LogP contribution in [0.1, 0.15) is 47.9 Å². The molecule has 1 aliphatic carbocycles. The van der Waals surface area contributed by atoms with Crippen LogP contribution in [0.25, 0.3) is 28.5 Å². The predicted octanol–water partition coefficient (Wildman–Crippen LogP) is 3.86. The molecule has 0 bridgehead atoms. The van der Waals surface area contributed by atoms with Gasteiger partial charge >= 0.3 is 6.18 Å². The van der Waals surface area contributed by atoms with Crippen LogP contribution in [-0.4, -0.2) is 72.7 Å². The van der Waals surface area contributed by atoms with Crippen molar-refractivity contribution in [3.63, 3.8) is 0 Å². The molecule has 41 heavy (non-hydrogen) atoms. The maximum Gasteiger partial charge on any atom is 0.433 e. The Morgan fingerprint density at radius 3 is 2.41 bits per heavy atom. The van der Waals surface area contributed by atoms with Gasteiger partial charge in [-0.25, -0.2) is 19.0 Å². The van der Waals surface area contributed by atoms with Crippen LogP contribution in [0.4, 0.5) is 17.6 Å². The summed E-state index contributed by atoms with van der Waals surface area (Å²) in [6, 6.07) is 1.70. The monoisotopic (exact) mass is 574 g/mol. The lowest BCUT2D eigenvalue weighted by Crippen LogP contribution is -2.45. The average molecular weight is 575 g/mol. The third-order valence-electron chi connectivity index (χ3n) is 7.51. The van der Waals surface area contributed by atoms with E-state index in [0.717, 1.165) is 51.1 Å². The fraction of sp³-hybridized carbons (Fsp3) is 0.423. The third kappa shape index (κ3) is 5.46. The van der Waals surface area contributed by atoms with Crippen LogP contribution in [0.5, 0.6) is 0 Å². The number of pyridine rings is 1. The number of carbonyl (C=O) groups is 1. The van der Waals surface area contributed by atoms with E-state index in [4.69, 9.17) is 14.9 Å². The van der Waals surface area contributed by atoms with Gasteiger partial charge in [-0.2, -0.15) is 23.4 Å². The zero-order valence-electron chi connectivity index (χ0n) is 21.7. The molecule has 4 aromatic heterocycles. The quantitative estimate of drug-likeness (QED) is 0.344. The highest BCUT2D eigenvalue weighted by Gasteiger charge is 2.35. The lowest BCUT2D eigenvalue weighted by molar-refractivity contribution is -0.141. The maximum absolute atomic E-state index is 15.0. The first kappa shape index (κ1) is 27.1. The summed E-state index contributed by atoms with van der Waals surface area (Å²) in [4.78, 5) is 21.5. The number of nitrogens with zero attached hydrogens (tertiary/aromatic N) is 7. The molecule has 15 heteroatoms. The van der Waals surface area contributed by atoms with Crippen molar-refractivity contribution in [1.82, 2.24) is 34.4 Å². The van der Waals surface area contributed by atoms with Crippen LogP contribution in [0, 0.1) is 5.82 Å². The summed E-state index contributed by atoms with van der Waals surface area (Å²) >= 11 is 0. The molecule has 2 aliphatic rings. The first-order valence-electron chi connectivity index (χ1n) is 13.1. The number of ether oxygens (including phenoxy) is 1. The van der Waals surface area contributed by atoms with Gasteiger partial charge in [-0.3, -0.25) is 14.4 Å². The summed E-state index contributed by atoms with van der Waals surface area (Å²) < 4.78 is 69.2. The normalized spacial score (nSPS) is 20.4. The Labute approximate surface area is 230 Å². The minimum absolute atomic E-state index is 0.0476. The van der Waals surface area contributed by atoms with Crippen molar-refractivity contribution in [2.75, 3.05) is 26.3 Å². The molecule has 0 radical (unpaired) electrons. The number of carbonyl (C=O) groups excluding carboxylic acids is 1. The van der Waals surface area contributed by atoms with Gasteiger partial charge in [0.05, 0.1) is 37.2 Å². The second-order valence-electron chi connectivity index (χ2n) is 10.1. The number of alkyl halides is 3. The van der Waals surface area contributed by atoms with Gasteiger partial charge in [-0.15, -0.1) is 0 Å². The molecule has 6 rings (SSSR count). The van der Waals surface area contributed by atoms with Crippen LogP contribution in [0.2, 0.25) is 0 Å². The standard InChI is InChI=1S/C26H26F4N8O3/c27-18-5-6-21(26(28,29)30)34-22(18)23-20(38-12-15(11-32-38)25-33-19(14-41-25)24(31)39)13-37(35-23)17-3-1-16(2-4-17)36-7-9-40-10-8-36/h5-6,11-14,16-17H,1-4,7-10H2,(H2,31,39). The van der Waals surface area contributed by atoms with Crippen LogP contribution in [0.3, 0.4) is 0 Å². The Kier molecular flexibility index (Phi) is 7.07. The van der Waals surface area contributed by atoms with Crippen molar-refractivity contribution in [2.45, 2.75) is 43.9 Å². The maximum atomic E-state index is 15.0. The molecular weight excluding hydrogens is 548 g/mol. The first-order chi connectivity index (χ1) is 19.7. The van der Waals surface area contributed by atoms with Crippen LogP contribution in [0.15, 0.2) is 41.4 Å². The number of halogens is 4. The Balaban J connectivity index is 1.35. The van der Waals surface area contributed by atoms with Gasteiger partial charge in [0.25, 0.3) is 5.91 Å². The number of rotatable bonds is 6. The number of aromatic nitrogens is 6. The summed E-state index contributed by atoms with van der Waals surface area (Å²) in [7, 11) is 0. The SMILES string of the molecule is NC(=O)c1coc(-c2cnn(-c3cn(C4CCC(N5CCOCC5)CC4)nc3-c3nc(C(F)(F)F)ccc3F)c2)n1. The van der Waals surface area contributed by atoms with Crippen LogP contribution >= 0.6 is 0 Å². The number of primary amides is 1. The van der Waals surface area contributed by atoms with Crippen LogP contribution < -0.4 is 5.73 Å². The molecule has 1 amide bonds. The topological polar surface area (TPSA) is 130 Å². The van der Waals surface area contributed by atoms with E-state index in [1.807, 2.05) is 0 Å². The van der Waals surface area contributed by atoms with Gasteiger partial charge < -0.3 is 14.9 Å².